The second-order valence-corrected chi connectivity index (χ2v) is 7.42. The lowest BCUT2D eigenvalue weighted by Gasteiger charge is -2.34. The third kappa shape index (κ3) is 6.45. The van der Waals surface area contributed by atoms with Gasteiger partial charge in [0.1, 0.15) is 6.10 Å². The molecule has 0 aliphatic carbocycles. The van der Waals surface area contributed by atoms with E-state index in [9.17, 15) is 31.5 Å². The molecular formula is C17H19F3N3O7S-. The first-order chi connectivity index (χ1) is 14.6. The zero-order valence-corrected chi connectivity index (χ0v) is 16.9. The van der Waals surface area contributed by atoms with Gasteiger partial charge in [0.05, 0.1) is 18.9 Å². The maximum atomic E-state index is 12.7. The third-order valence-corrected chi connectivity index (χ3v) is 5.01. The molecule has 0 radical (unpaired) electrons. The zero-order chi connectivity index (χ0) is 22.6. The third-order valence-electron chi connectivity index (χ3n) is 4.63. The molecule has 2 fully saturated rings. The van der Waals surface area contributed by atoms with Crippen LogP contribution in [0, 0.1) is 0 Å². The fraction of sp³-hybridized carbons (Fsp3) is 0.529. The van der Waals surface area contributed by atoms with E-state index in [1.807, 2.05) is 0 Å². The van der Waals surface area contributed by atoms with E-state index >= 15 is 0 Å². The van der Waals surface area contributed by atoms with Gasteiger partial charge in [0.25, 0.3) is 5.91 Å². The summed E-state index contributed by atoms with van der Waals surface area (Å²) in [5.74, 6) is -1.44. The molecule has 1 unspecified atom stereocenters. The average Bonchev–Trinajstić information content (AvgIpc) is 3.20. The SMILES string of the molecule is O=C(O[C@@H]1CCOC1)N1CCN(C(=O)c2ccc(NS(=O)[O-])c(OC(F)(F)F)c2)CC1. The predicted octanol–water partition coefficient (Wildman–Crippen LogP) is 1.47. The highest BCUT2D eigenvalue weighted by atomic mass is 32.2. The predicted molar refractivity (Wildman–Crippen MR) is 98.8 cm³/mol. The Kier molecular flexibility index (Phi) is 7.23. The van der Waals surface area contributed by atoms with Gasteiger partial charge in [0.15, 0.2) is 5.75 Å². The minimum atomic E-state index is -5.08. The van der Waals surface area contributed by atoms with Crippen molar-refractivity contribution < 1.29 is 45.7 Å². The molecule has 0 spiro atoms. The number of hydrogen-bond donors (Lipinski definition) is 1. The highest BCUT2D eigenvalue weighted by molar-refractivity contribution is 7.80. The van der Waals surface area contributed by atoms with Crippen molar-refractivity contribution in [3.8, 4) is 5.75 Å². The van der Waals surface area contributed by atoms with Crippen LogP contribution in [0.15, 0.2) is 18.2 Å². The zero-order valence-electron chi connectivity index (χ0n) is 16.1. The summed E-state index contributed by atoms with van der Waals surface area (Å²) in [4.78, 5) is 27.7. The van der Waals surface area contributed by atoms with Crippen LogP contribution in [0.4, 0.5) is 23.7 Å². The molecule has 0 saturated carbocycles. The van der Waals surface area contributed by atoms with Crippen LogP contribution in [-0.2, 0) is 20.7 Å². The normalized spacial score (nSPS) is 20.3. The van der Waals surface area contributed by atoms with Crippen molar-refractivity contribution in [2.24, 2.45) is 0 Å². The average molecular weight is 466 g/mol. The van der Waals surface area contributed by atoms with Gasteiger partial charge in [-0.05, 0) is 18.2 Å². The molecule has 0 aromatic heterocycles. The number of nitrogens with one attached hydrogen (secondary N) is 1. The standard InChI is InChI=1S/C17H20F3N3O7S/c18-17(19,20)30-14-9-11(1-2-13(14)21-31(26)27)15(24)22-4-6-23(7-5-22)16(25)29-12-3-8-28-10-12/h1-2,9,12,21H,3-8,10H2,(H,26,27)/p-1/t12-/m1/s1. The lowest BCUT2D eigenvalue weighted by atomic mass is 10.1. The Hall–Kier alpha value is -2.58. The molecule has 2 heterocycles. The van der Waals surface area contributed by atoms with Gasteiger partial charge >= 0.3 is 12.5 Å². The fourth-order valence-corrected chi connectivity index (χ4v) is 3.48. The molecule has 2 aliphatic heterocycles. The number of ether oxygens (including phenoxy) is 3. The van der Waals surface area contributed by atoms with Crippen LogP contribution < -0.4 is 9.46 Å². The first kappa shape index (κ1) is 23.1. The van der Waals surface area contributed by atoms with Crippen molar-refractivity contribution in [3.63, 3.8) is 0 Å². The lowest BCUT2D eigenvalue weighted by Crippen LogP contribution is -2.51. The number of nitrogens with zero attached hydrogens (tertiary/aromatic N) is 2. The van der Waals surface area contributed by atoms with Gasteiger partial charge in [-0.1, -0.05) is 0 Å². The lowest BCUT2D eigenvalue weighted by molar-refractivity contribution is -0.274. The van der Waals surface area contributed by atoms with Gasteiger partial charge in [-0.25, -0.2) is 4.79 Å². The van der Waals surface area contributed by atoms with Gasteiger partial charge in [-0.15, -0.1) is 13.2 Å². The monoisotopic (exact) mass is 466 g/mol. The van der Waals surface area contributed by atoms with Crippen LogP contribution in [0.25, 0.3) is 0 Å². The molecule has 2 atom stereocenters. The summed E-state index contributed by atoms with van der Waals surface area (Å²) in [6.45, 7) is 1.55. The summed E-state index contributed by atoms with van der Waals surface area (Å²) in [5, 5.41) is 0. The second kappa shape index (κ2) is 9.70. The Morgan fingerprint density at radius 1 is 1.19 bits per heavy atom. The van der Waals surface area contributed by atoms with Crippen LogP contribution in [0.3, 0.4) is 0 Å². The van der Waals surface area contributed by atoms with E-state index in [0.29, 0.717) is 19.6 Å². The Morgan fingerprint density at radius 3 is 2.45 bits per heavy atom. The van der Waals surface area contributed by atoms with E-state index in [2.05, 4.69) is 4.74 Å². The van der Waals surface area contributed by atoms with E-state index < -0.39 is 41.1 Å². The van der Waals surface area contributed by atoms with Crippen molar-refractivity contribution >= 4 is 29.0 Å². The Bertz CT molecular complexity index is 841. The van der Waals surface area contributed by atoms with Crippen molar-refractivity contribution in [2.75, 3.05) is 44.1 Å². The number of amides is 2. The molecule has 3 rings (SSSR count). The number of halogens is 3. The van der Waals surface area contributed by atoms with Crippen LogP contribution in [0.1, 0.15) is 16.8 Å². The van der Waals surface area contributed by atoms with Crippen LogP contribution >= 0.6 is 0 Å². The Labute approximate surface area is 177 Å². The molecule has 2 aliphatic rings. The van der Waals surface area contributed by atoms with E-state index in [-0.39, 0.29) is 37.8 Å². The second-order valence-electron chi connectivity index (χ2n) is 6.74. The number of piperazine rings is 1. The highest BCUT2D eigenvalue weighted by Crippen LogP contribution is 2.32. The molecule has 0 bridgehead atoms. The van der Waals surface area contributed by atoms with Crippen molar-refractivity contribution in [3.05, 3.63) is 23.8 Å². The molecule has 10 nitrogen and oxygen atoms in total. The number of alkyl halides is 3. The minimum absolute atomic E-state index is 0.124. The molecule has 2 amide bonds. The maximum Gasteiger partial charge on any atom is 0.573 e. The number of rotatable bonds is 5. The quantitative estimate of drug-likeness (QED) is 0.653. The Balaban J connectivity index is 1.63. The summed E-state index contributed by atoms with van der Waals surface area (Å²) in [6.07, 6.45) is -5.27. The summed E-state index contributed by atoms with van der Waals surface area (Å²) in [5.41, 5.74) is -0.591. The van der Waals surface area contributed by atoms with Crippen molar-refractivity contribution in [2.45, 2.75) is 18.9 Å². The van der Waals surface area contributed by atoms with Gasteiger partial charge < -0.3 is 33.3 Å². The molecule has 1 N–H and O–H groups in total. The molecule has 2 saturated heterocycles. The summed E-state index contributed by atoms with van der Waals surface area (Å²) in [7, 11) is 0. The summed E-state index contributed by atoms with van der Waals surface area (Å²) in [6, 6.07) is 2.99. The smallest absolute Gasteiger partial charge is 0.573 e. The first-order valence-electron chi connectivity index (χ1n) is 9.20. The van der Waals surface area contributed by atoms with Gasteiger partial charge in [0, 0.05) is 49.4 Å². The van der Waals surface area contributed by atoms with Crippen molar-refractivity contribution in [1.82, 2.24) is 9.80 Å². The van der Waals surface area contributed by atoms with Crippen LogP contribution in [-0.4, -0.2) is 82.4 Å². The fourth-order valence-electron chi connectivity index (χ4n) is 3.14. The summed E-state index contributed by atoms with van der Waals surface area (Å²) >= 11 is -2.89. The van der Waals surface area contributed by atoms with Gasteiger partial charge in [-0.3, -0.25) is 9.00 Å². The van der Waals surface area contributed by atoms with Gasteiger partial charge in [-0.2, -0.15) is 0 Å². The largest absolute Gasteiger partial charge is 0.755 e. The number of benzene rings is 1. The van der Waals surface area contributed by atoms with E-state index in [1.165, 1.54) is 15.9 Å². The minimum Gasteiger partial charge on any atom is -0.755 e. The molecule has 1 aromatic carbocycles. The molecule has 14 heteroatoms. The topological polar surface area (TPSA) is 120 Å². The van der Waals surface area contributed by atoms with E-state index in [1.54, 1.807) is 4.72 Å². The number of carbonyl (C=O) groups excluding carboxylic acids is 2. The number of hydrogen-bond acceptors (Lipinski definition) is 7. The van der Waals surface area contributed by atoms with E-state index in [4.69, 9.17) is 9.47 Å². The molecule has 172 valence electrons. The van der Waals surface area contributed by atoms with Gasteiger partial charge in [0.2, 0.25) is 0 Å². The molecule has 1 aromatic rings. The number of carbonyl (C=O) groups is 2. The summed E-state index contributed by atoms with van der Waals surface area (Å²) < 4.78 is 75.6. The van der Waals surface area contributed by atoms with Crippen LogP contribution in [0.2, 0.25) is 0 Å². The van der Waals surface area contributed by atoms with E-state index in [0.717, 1.165) is 12.1 Å². The Morgan fingerprint density at radius 2 is 1.87 bits per heavy atom. The highest BCUT2D eigenvalue weighted by Gasteiger charge is 2.33. The van der Waals surface area contributed by atoms with Crippen molar-refractivity contribution in [1.29, 1.82) is 0 Å². The molecular weight excluding hydrogens is 447 g/mol. The van der Waals surface area contributed by atoms with Crippen LogP contribution in [0.5, 0.6) is 5.75 Å². The maximum absolute atomic E-state index is 12.7. The number of anilines is 1. The molecule has 31 heavy (non-hydrogen) atoms. The first-order valence-corrected chi connectivity index (χ1v) is 10.3.